The Bertz CT molecular complexity index is 780. The number of quaternary nitrogens is 1. The molecular weight excluding hydrogens is 300 g/mol. The zero-order valence-corrected chi connectivity index (χ0v) is 14.4. The molecule has 0 saturated heterocycles. The van der Waals surface area contributed by atoms with Crippen LogP contribution in [0.25, 0.3) is 0 Å². The molecule has 0 saturated carbocycles. The Kier molecular flexibility index (Phi) is 4.73. The van der Waals surface area contributed by atoms with Gasteiger partial charge < -0.3 is 14.4 Å². The second kappa shape index (κ2) is 6.94. The molecule has 3 rings (SSSR count). The maximum atomic E-state index is 9.07. The van der Waals surface area contributed by atoms with E-state index in [1.54, 1.807) is 14.2 Å². The van der Waals surface area contributed by atoms with Crippen molar-refractivity contribution < 1.29 is 14.4 Å². The molecule has 4 heteroatoms. The van der Waals surface area contributed by atoms with Crippen LogP contribution in [0.4, 0.5) is 0 Å². The molecule has 0 spiro atoms. The SMILES string of the molecule is COc1cc2c(cc1OC)[C@H](C)[NH+](Cc1cccc(C#N)c1)CC2. The third-order valence-corrected chi connectivity index (χ3v) is 4.93. The van der Waals surface area contributed by atoms with Crippen LogP contribution in [0.5, 0.6) is 11.5 Å². The molecular formula is C20H23N2O2+. The lowest BCUT2D eigenvalue weighted by atomic mass is 9.92. The van der Waals surface area contributed by atoms with Crippen LogP contribution in [0.1, 0.15) is 35.2 Å². The van der Waals surface area contributed by atoms with E-state index in [1.807, 2.05) is 18.2 Å². The van der Waals surface area contributed by atoms with E-state index >= 15 is 0 Å². The fourth-order valence-corrected chi connectivity index (χ4v) is 3.54. The zero-order chi connectivity index (χ0) is 17.1. The number of fused-ring (bicyclic) bond motifs is 1. The highest BCUT2D eigenvalue weighted by atomic mass is 16.5. The third-order valence-electron chi connectivity index (χ3n) is 4.93. The van der Waals surface area contributed by atoms with Crippen molar-refractivity contribution in [1.29, 1.82) is 5.26 Å². The van der Waals surface area contributed by atoms with Crippen LogP contribution in [0.2, 0.25) is 0 Å². The monoisotopic (exact) mass is 323 g/mol. The van der Waals surface area contributed by atoms with Gasteiger partial charge >= 0.3 is 0 Å². The number of benzene rings is 2. The Balaban J connectivity index is 1.86. The number of methoxy groups -OCH3 is 2. The van der Waals surface area contributed by atoms with Crippen LogP contribution in [-0.4, -0.2) is 20.8 Å². The van der Waals surface area contributed by atoms with Crippen molar-refractivity contribution in [3.05, 3.63) is 58.7 Å². The van der Waals surface area contributed by atoms with Gasteiger partial charge in [0.2, 0.25) is 0 Å². The molecule has 0 amide bonds. The largest absolute Gasteiger partial charge is 0.493 e. The minimum atomic E-state index is 0.374. The molecule has 4 nitrogen and oxygen atoms in total. The van der Waals surface area contributed by atoms with Crippen molar-refractivity contribution in [1.82, 2.24) is 0 Å². The van der Waals surface area contributed by atoms with Gasteiger partial charge in [0.05, 0.1) is 32.4 Å². The van der Waals surface area contributed by atoms with Crippen LogP contribution in [0, 0.1) is 11.3 Å². The first-order chi connectivity index (χ1) is 11.7. The fraction of sp³-hybridized carbons (Fsp3) is 0.350. The van der Waals surface area contributed by atoms with Gasteiger partial charge in [-0.25, -0.2) is 0 Å². The van der Waals surface area contributed by atoms with Gasteiger partial charge in [-0.1, -0.05) is 12.1 Å². The second-order valence-electron chi connectivity index (χ2n) is 6.27. The lowest BCUT2D eigenvalue weighted by Gasteiger charge is -2.33. The van der Waals surface area contributed by atoms with E-state index in [4.69, 9.17) is 14.7 Å². The Morgan fingerprint density at radius 1 is 1.17 bits per heavy atom. The first-order valence-electron chi connectivity index (χ1n) is 8.24. The van der Waals surface area contributed by atoms with Crippen molar-refractivity contribution in [2.24, 2.45) is 0 Å². The number of hydrogen-bond donors (Lipinski definition) is 1. The summed E-state index contributed by atoms with van der Waals surface area (Å²) in [5.41, 5.74) is 4.60. The van der Waals surface area contributed by atoms with Crippen LogP contribution in [0.3, 0.4) is 0 Å². The third kappa shape index (κ3) is 3.08. The Labute approximate surface area is 143 Å². The van der Waals surface area contributed by atoms with E-state index in [9.17, 15) is 0 Å². The second-order valence-corrected chi connectivity index (χ2v) is 6.27. The molecule has 1 unspecified atom stereocenters. The van der Waals surface area contributed by atoms with Crippen LogP contribution >= 0.6 is 0 Å². The van der Waals surface area contributed by atoms with Crippen molar-refractivity contribution in [3.8, 4) is 17.6 Å². The van der Waals surface area contributed by atoms with E-state index in [2.05, 4.69) is 31.2 Å². The number of nitrogens with zero attached hydrogens (tertiary/aromatic N) is 1. The van der Waals surface area contributed by atoms with Crippen molar-refractivity contribution >= 4 is 0 Å². The maximum absolute atomic E-state index is 9.07. The minimum absolute atomic E-state index is 0.374. The minimum Gasteiger partial charge on any atom is -0.493 e. The van der Waals surface area contributed by atoms with Crippen molar-refractivity contribution in [2.75, 3.05) is 20.8 Å². The van der Waals surface area contributed by atoms with Gasteiger partial charge in [-0.3, -0.25) is 0 Å². The summed E-state index contributed by atoms with van der Waals surface area (Å²) in [5, 5.41) is 9.07. The van der Waals surface area contributed by atoms with Crippen molar-refractivity contribution in [2.45, 2.75) is 25.9 Å². The summed E-state index contributed by atoms with van der Waals surface area (Å²) in [6.07, 6.45) is 1.02. The highest BCUT2D eigenvalue weighted by Crippen LogP contribution is 2.33. The van der Waals surface area contributed by atoms with Gasteiger partial charge in [0.25, 0.3) is 0 Å². The van der Waals surface area contributed by atoms with Crippen LogP contribution in [0.15, 0.2) is 36.4 Å². The molecule has 2 atom stereocenters. The predicted octanol–water partition coefficient (Wildman–Crippen LogP) is 2.28. The summed E-state index contributed by atoms with van der Waals surface area (Å²) in [6.45, 7) is 4.25. The molecule has 1 aliphatic rings. The summed E-state index contributed by atoms with van der Waals surface area (Å²) in [6, 6.07) is 14.7. The highest BCUT2D eigenvalue weighted by molar-refractivity contribution is 5.48. The Hall–Kier alpha value is -2.51. The lowest BCUT2D eigenvalue weighted by molar-refractivity contribution is -0.945. The van der Waals surface area contributed by atoms with Gasteiger partial charge in [-0.2, -0.15) is 5.26 Å². The molecule has 124 valence electrons. The lowest BCUT2D eigenvalue weighted by Crippen LogP contribution is -3.11. The standard InChI is InChI=1S/C20H22N2O2/c1-14-18-11-20(24-3)19(23-2)10-17(18)7-8-22(14)13-16-6-4-5-15(9-16)12-21/h4-6,9-11,14H,7-8,13H2,1-3H3/p+1/t14-/m0/s1. The molecule has 2 aromatic carbocycles. The number of nitrogens with one attached hydrogen (secondary N) is 1. The maximum Gasteiger partial charge on any atom is 0.161 e. The summed E-state index contributed by atoms with van der Waals surface area (Å²) < 4.78 is 10.9. The Morgan fingerprint density at radius 3 is 2.62 bits per heavy atom. The first-order valence-corrected chi connectivity index (χ1v) is 8.24. The summed E-state index contributed by atoms with van der Waals surface area (Å²) in [4.78, 5) is 1.50. The highest BCUT2D eigenvalue weighted by Gasteiger charge is 2.29. The number of ether oxygens (including phenoxy) is 2. The summed E-state index contributed by atoms with van der Waals surface area (Å²) in [7, 11) is 3.35. The van der Waals surface area contributed by atoms with Gasteiger partial charge in [0, 0.05) is 17.5 Å². The smallest absolute Gasteiger partial charge is 0.161 e. The molecule has 0 aromatic heterocycles. The molecule has 2 aromatic rings. The average molecular weight is 323 g/mol. The number of nitriles is 1. The van der Waals surface area contributed by atoms with Crippen LogP contribution < -0.4 is 14.4 Å². The van der Waals surface area contributed by atoms with Crippen LogP contribution in [-0.2, 0) is 13.0 Å². The van der Waals surface area contributed by atoms with Gasteiger partial charge in [0.1, 0.15) is 12.6 Å². The van der Waals surface area contributed by atoms with E-state index in [-0.39, 0.29) is 0 Å². The predicted molar refractivity (Wildman–Crippen MR) is 92.4 cm³/mol. The molecule has 0 aliphatic carbocycles. The van der Waals surface area contributed by atoms with Gasteiger partial charge in [-0.15, -0.1) is 0 Å². The molecule has 0 fully saturated rings. The average Bonchev–Trinajstić information content (AvgIpc) is 2.63. The number of rotatable bonds is 4. The fourth-order valence-electron chi connectivity index (χ4n) is 3.54. The molecule has 0 radical (unpaired) electrons. The first kappa shape index (κ1) is 16.4. The van der Waals surface area contributed by atoms with Gasteiger partial charge in [-0.05, 0) is 36.8 Å². The molecule has 1 heterocycles. The quantitative estimate of drug-likeness (QED) is 0.939. The molecule has 24 heavy (non-hydrogen) atoms. The summed E-state index contributed by atoms with van der Waals surface area (Å²) in [5.74, 6) is 1.59. The van der Waals surface area contributed by atoms with Crippen molar-refractivity contribution in [3.63, 3.8) is 0 Å². The molecule has 1 aliphatic heterocycles. The topological polar surface area (TPSA) is 46.7 Å². The van der Waals surface area contributed by atoms with E-state index in [1.165, 1.54) is 21.6 Å². The van der Waals surface area contributed by atoms with E-state index in [0.717, 1.165) is 36.6 Å². The molecule has 1 N–H and O–H groups in total. The van der Waals surface area contributed by atoms with Gasteiger partial charge in [0.15, 0.2) is 11.5 Å². The number of hydrogen-bond acceptors (Lipinski definition) is 3. The summed E-state index contributed by atoms with van der Waals surface area (Å²) >= 11 is 0. The normalized spacial score (nSPS) is 19.2. The zero-order valence-electron chi connectivity index (χ0n) is 14.4. The molecule has 0 bridgehead atoms. The van der Waals surface area contributed by atoms with E-state index < -0.39 is 0 Å². The van der Waals surface area contributed by atoms with E-state index in [0.29, 0.717) is 6.04 Å². The Morgan fingerprint density at radius 2 is 1.92 bits per heavy atom.